The summed E-state index contributed by atoms with van der Waals surface area (Å²) in [7, 11) is 0. The fourth-order valence-corrected chi connectivity index (χ4v) is 2.85. The lowest BCUT2D eigenvalue weighted by Crippen LogP contribution is -2.41. The van der Waals surface area contributed by atoms with E-state index >= 15 is 0 Å². The number of anilines is 1. The minimum atomic E-state index is -1.30. The Hall–Kier alpha value is -4.35. The van der Waals surface area contributed by atoms with E-state index in [-0.39, 0.29) is 41.7 Å². The summed E-state index contributed by atoms with van der Waals surface area (Å²) in [5, 5.41) is 23.3. The zero-order valence-corrected chi connectivity index (χ0v) is 17.0. The van der Waals surface area contributed by atoms with Gasteiger partial charge in [0.05, 0.1) is 18.4 Å². The molecule has 12 nitrogen and oxygen atoms in total. The lowest BCUT2D eigenvalue weighted by Gasteiger charge is -2.14. The van der Waals surface area contributed by atoms with Crippen LogP contribution in [0.2, 0.25) is 0 Å². The van der Waals surface area contributed by atoms with Crippen LogP contribution in [0.25, 0.3) is 11.2 Å². The van der Waals surface area contributed by atoms with E-state index in [1.807, 2.05) is 0 Å². The molecule has 1 atom stereocenters. The number of nitrogens with zero attached hydrogens (tertiary/aromatic N) is 3. The van der Waals surface area contributed by atoms with Crippen LogP contribution in [0.1, 0.15) is 34.7 Å². The Bertz CT molecular complexity index is 1220. The summed E-state index contributed by atoms with van der Waals surface area (Å²) < 4.78 is 0. The molecule has 0 saturated heterocycles. The number of aromatic nitrogens is 4. The van der Waals surface area contributed by atoms with Gasteiger partial charge < -0.3 is 25.8 Å². The molecule has 32 heavy (non-hydrogen) atoms. The van der Waals surface area contributed by atoms with Crippen LogP contribution >= 0.6 is 0 Å². The Balaban J connectivity index is 1.62. The summed E-state index contributed by atoms with van der Waals surface area (Å²) in [5.41, 5.74) is 1.48. The molecule has 3 aromatic rings. The van der Waals surface area contributed by atoms with Gasteiger partial charge in [-0.3, -0.25) is 14.4 Å². The third-order valence-electron chi connectivity index (χ3n) is 4.46. The molecule has 0 bridgehead atoms. The van der Waals surface area contributed by atoms with Gasteiger partial charge in [-0.25, -0.2) is 19.7 Å². The maximum atomic E-state index is 12.3. The van der Waals surface area contributed by atoms with Crippen LogP contribution < -0.4 is 16.2 Å². The molecule has 1 aromatic carbocycles. The first-order valence-electron chi connectivity index (χ1n) is 9.55. The highest BCUT2D eigenvalue weighted by atomic mass is 16.4. The molecule has 0 aliphatic carbocycles. The van der Waals surface area contributed by atoms with E-state index in [9.17, 15) is 19.2 Å². The molecule has 2 heterocycles. The van der Waals surface area contributed by atoms with Gasteiger partial charge in [-0.05, 0) is 37.6 Å². The number of hydrogen-bond acceptors (Lipinski definition) is 8. The quantitative estimate of drug-likeness (QED) is 0.316. The number of benzene rings is 1. The van der Waals surface area contributed by atoms with Crippen LogP contribution in [0, 0.1) is 6.92 Å². The number of fused-ring (bicyclic) bond motifs is 1. The molecule has 0 fully saturated rings. The molecule has 0 saturated carbocycles. The first-order valence-corrected chi connectivity index (χ1v) is 9.55. The molecule has 3 rings (SSSR count). The number of amides is 1. The van der Waals surface area contributed by atoms with Crippen molar-refractivity contribution in [1.29, 1.82) is 0 Å². The molecular weight excluding hydrogens is 420 g/mol. The summed E-state index contributed by atoms with van der Waals surface area (Å²) in [6, 6.07) is 4.97. The lowest BCUT2D eigenvalue weighted by molar-refractivity contribution is -0.140. The Morgan fingerprint density at radius 3 is 2.50 bits per heavy atom. The van der Waals surface area contributed by atoms with Crippen LogP contribution in [0.3, 0.4) is 0 Å². The van der Waals surface area contributed by atoms with E-state index in [0.717, 1.165) is 0 Å². The standard InChI is InChI=1S/C20H20N6O6/c1-10-23-17-16(19(30)24-10)22-9-13(25-17)8-21-12-4-2-11(3-5-12)18(29)26-14(20(31)32)6-7-15(27)28/h2-5,9,14,21H,6-8H2,1H3,(H,26,29)(H,27,28)(H,31,32)(H,23,24,25,30). The van der Waals surface area contributed by atoms with Crippen LogP contribution in [0.4, 0.5) is 5.69 Å². The smallest absolute Gasteiger partial charge is 0.326 e. The van der Waals surface area contributed by atoms with Crippen LogP contribution in [-0.4, -0.2) is 54.0 Å². The van der Waals surface area contributed by atoms with E-state index in [4.69, 9.17) is 10.2 Å². The molecule has 12 heteroatoms. The van der Waals surface area contributed by atoms with E-state index in [0.29, 0.717) is 17.2 Å². The number of nitrogens with one attached hydrogen (secondary N) is 3. The maximum Gasteiger partial charge on any atom is 0.326 e. The number of carbonyl (C=O) groups excluding carboxylic acids is 1. The summed E-state index contributed by atoms with van der Waals surface area (Å²) in [6.07, 6.45) is 0.872. The van der Waals surface area contributed by atoms with Gasteiger partial charge in [-0.1, -0.05) is 0 Å². The van der Waals surface area contributed by atoms with E-state index in [1.165, 1.54) is 18.3 Å². The Morgan fingerprint density at radius 1 is 1.12 bits per heavy atom. The lowest BCUT2D eigenvalue weighted by atomic mass is 10.1. The highest BCUT2D eigenvalue weighted by Crippen LogP contribution is 2.12. The zero-order valence-electron chi connectivity index (χ0n) is 17.0. The highest BCUT2D eigenvalue weighted by molar-refractivity contribution is 5.96. The van der Waals surface area contributed by atoms with Gasteiger partial charge in [0, 0.05) is 17.7 Å². The predicted molar refractivity (Wildman–Crippen MR) is 112 cm³/mol. The molecule has 1 amide bonds. The van der Waals surface area contributed by atoms with Gasteiger partial charge in [0.1, 0.15) is 11.9 Å². The van der Waals surface area contributed by atoms with E-state index in [2.05, 4.69) is 30.6 Å². The number of rotatable bonds is 9. The summed E-state index contributed by atoms with van der Waals surface area (Å²) in [5.74, 6) is -2.64. The number of aryl methyl sites for hydroxylation is 1. The molecule has 166 valence electrons. The van der Waals surface area contributed by atoms with Crippen molar-refractivity contribution in [1.82, 2.24) is 25.3 Å². The second-order valence-electron chi connectivity index (χ2n) is 6.91. The second-order valence-corrected chi connectivity index (χ2v) is 6.91. The van der Waals surface area contributed by atoms with Crippen molar-refractivity contribution >= 4 is 34.7 Å². The monoisotopic (exact) mass is 440 g/mol. The minimum absolute atomic E-state index is 0.151. The minimum Gasteiger partial charge on any atom is -0.481 e. The predicted octanol–water partition coefficient (Wildman–Crippen LogP) is 0.681. The number of carboxylic acids is 2. The molecule has 5 N–H and O–H groups in total. The molecule has 0 aliphatic rings. The molecule has 2 aromatic heterocycles. The van der Waals surface area contributed by atoms with E-state index in [1.54, 1.807) is 19.1 Å². The van der Waals surface area contributed by atoms with Gasteiger partial charge in [-0.2, -0.15) is 0 Å². The molecular formula is C20H20N6O6. The van der Waals surface area contributed by atoms with Gasteiger partial charge >= 0.3 is 11.9 Å². The van der Waals surface area contributed by atoms with Crippen molar-refractivity contribution in [2.45, 2.75) is 32.4 Å². The highest BCUT2D eigenvalue weighted by Gasteiger charge is 2.21. The molecule has 0 spiro atoms. The third-order valence-corrected chi connectivity index (χ3v) is 4.46. The molecule has 0 aliphatic heterocycles. The normalized spacial score (nSPS) is 11.7. The summed E-state index contributed by atoms with van der Waals surface area (Å²) in [6.45, 7) is 1.94. The third kappa shape index (κ3) is 5.62. The van der Waals surface area contributed by atoms with Gasteiger partial charge in [-0.15, -0.1) is 0 Å². The van der Waals surface area contributed by atoms with Crippen LogP contribution in [0.15, 0.2) is 35.3 Å². The summed E-state index contributed by atoms with van der Waals surface area (Å²) in [4.78, 5) is 61.1. The average Bonchev–Trinajstić information content (AvgIpc) is 2.74. The van der Waals surface area contributed by atoms with Gasteiger partial charge in [0.15, 0.2) is 11.2 Å². The number of aromatic amines is 1. The topological polar surface area (TPSA) is 187 Å². The molecule has 1 unspecified atom stereocenters. The van der Waals surface area contributed by atoms with Crippen molar-refractivity contribution in [3.63, 3.8) is 0 Å². The number of H-pyrrole nitrogens is 1. The fourth-order valence-electron chi connectivity index (χ4n) is 2.85. The SMILES string of the molecule is Cc1nc2nc(CNc3ccc(C(=O)NC(CCC(=O)O)C(=O)O)cc3)cnc2c(=O)[nH]1. The van der Waals surface area contributed by atoms with Crippen molar-refractivity contribution in [2.75, 3.05) is 5.32 Å². The van der Waals surface area contributed by atoms with Crippen molar-refractivity contribution in [3.8, 4) is 0 Å². The first-order chi connectivity index (χ1) is 15.2. The van der Waals surface area contributed by atoms with E-state index < -0.39 is 23.9 Å². The Morgan fingerprint density at radius 2 is 1.84 bits per heavy atom. The number of carboxylic acid groups (broad SMARTS) is 2. The van der Waals surface area contributed by atoms with Gasteiger partial charge in [0.25, 0.3) is 11.5 Å². The van der Waals surface area contributed by atoms with Crippen molar-refractivity contribution in [2.24, 2.45) is 0 Å². The molecule has 0 radical (unpaired) electrons. The maximum absolute atomic E-state index is 12.3. The largest absolute Gasteiger partial charge is 0.481 e. The first kappa shape index (κ1) is 22.3. The zero-order chi connectivity index (χ0) is 23.3. The number of hydrogen-bond donors (Lipinski definition) is 5. The summed E-state index contributed by atoms with van der Waals surface area (Å²) >= 11 is 0. The Kier molecular flexibility index (Phi) is 6.73. The second kappa shape index (κ2) is 9.64. The number of aliphatic carboxylic acids is 2. The van der Waals surface area contributed by atoms with Crippen LogP contribution in [0.5, 0.6) is 0 Å². The average molecular weight is 440 g/mol. The van der Waals surface area contributed by atoms with Gasteiger partial charge in [0.2, 0.25) is 0 Å². The van der Waals surface area contributed by atoms with Crippen molar-refractivity contribution in [3.05, 3.63) is 57.9 Å². The fraction of sp³-hybridized carbons (Fsp3) is 0.250. The number of carbonyl (C=O) groups is 3. The van der Waals surface area contributed by atoms with Crippen molar-refractivity contribution < 1.29 is 24.6 Å². The Labute approximate surface area is 180 Å². The van der Waals surface area contributed by atoms with Crippen LogP contribution in [-0.2, 0) is 16.1 Å².